The van der Waals surface area contributed by atoms with Crippen LogP contribution in [0, 0.1) is 5.82 Å². The molecule has 0 amide bonds. The average Bonchev–Trinajstić information content (AvgIpc) is 2.46. The van der Waals surface area contributed by atoms with E-state index < -0.39 is 17.8 Å². The Balaban J connectivity index is 2.32. The van der Waals surface area contributed by atoms with E-state index in [1.165, 1.54) is 13.2 Å². The fraction of sp³-hybridized carbons (Fsp3) is 0.143. The lowest BCUT2D eigenvalue weighted by Crippen LogP contribution is -2.23. The predicted molar refractivity (Wildman–Crippen MR) is 69.0 cm³/mol. The highest BCUT2D eigenvalue weighted by molar-refractivity contribution is 5.81. The first-order valence-electron chi connectivity index (χ1n) is 5.71. The van der Waals surface area contributed by atoms with Crippen LogP contribution in [0.3, 0.4) is 0 Å². The molecule has 19 heavy (non-hydrogen) atoms. The number of esters is 1. The van der Waals surface area contributed by atoms with Gasteiger partial charge in [-0.2, -0.15) is 0 Å². The molecule has 1 atom stereocenters. The van der Waals surface area contributed by atoms with E-state index in [0.29, 0.717) is 5.69 Å². The van der Waals surface area contributed by atoms with Gasteiger partial charge in [-0.1, -0.05) is 18.2 Å². The number of carbonyl (C=O) groups excluding carboxylic acids is 1. The number of aromatic nitrogens is 1. The lowest BCUT2D eigenvalue weighted by Gasteiger charge is -2.18. The molecular formula is C14H13FN2O2. The van der Waals surface area contributed by atoms with Crippen LogP contribution in [-0.4, -0.2) is 18.1 Å². The van der Waals surface area contributed by atoms with Crippen molar-refractivity contribution >= 4 is 11.7 Å². The van der Waals surface area contributed by atoms with Crippen LogP contribution in [0.5, 0.6) is 0 Å². The molecule has 0 aliphatic heterocycles. The summed E-state index contributed by atoms with van der Waals surface area (Å²) in [4.78, 5) is 15.7. The van der Waals surface area contributed by atoms with Gasteiger partial charge in [-0.15, -0.1) is 0 Å². The Hall–Kier alpha value is -2.43. The van der Waals surface area contributed by atoms with Crippen molar-refractivity contribution in [3.63, 3.8) is 0 Å². The third kappa shape index (κ3) is 3.07. The highest BCUT2D eigenvalue weighted by Gasteiger charge is 2.24. The van der Waals surface area contributed by atoms with E-state index in [-0.39, 0.29) is 5.56 Å². The number of nitrogens with one attached hydrogen (secondary N) is 1. The minimum absolute atomic E-state index is 0.234. The molecule has 5 heteroatoms. The number of nitrogens with zero attached hydrogens (tertiary/aromatic N) is 1. The van der Waals surface area contributed by atoms with Gasteiger partial charge < -0.3 is 10.1 Å². The molecule has 0 aliphatic rings. The molecule has 1 heterocycles. The molecule has 0 saturated carbocycles. The smallest absolute Gasteiger partial charge is 0.333 e. The van der Waals surface area contributed by atoms with E-state index in [4.69, 9.17) is 4.74 Å². The second-order valence-corrected chi connectivity index (χ2v) is 3.86. The summed E-state index contributed by atoms with van der Waals surface area (Å²) in [7, 11) is 1.26. The van der Waals surface area contributed by atoms with Gasteiger partial charge in [-0.05, 0) is 18.2 Å². The zero-order chi connectivity index (χ0) is 13.7. The van der Waals surface area contributed by atoms with Gasteiger partial charge in [0.15, 0.2) is 6.04 Å². The Labute approximate surface area is 110 Å². The number of methoxy groups -OCH3 is 1. The molecule has 0 aliphatic carbocycles. The fourth-order valence-electron chi connectivity index (χ4n) is 1.71. The number of pyridine rings is 1. The van der Waals surface area contributed by atoms with Crippen LogP contribution >= 0.6 is 0 Å². The summed E-state index contributed by atoms with van der Waals surface area (Å²) < 4.78 is 18.5. The molecule has 1 N–H and O–H groups in total. The molecular weight excluding hydrogens is 247 g/mol. The normalized spacial score (nSPS) is 11.7. The van der Waals surface area contributed by atoms with Crippen molar-refractivity contribution < 1.29 is 13.9 Å². The lowest BCUT2D eigenvalue weighted by molar-refractivity contribution is -0.141. The van der Waals surface area contributed by atoms with Crippen LogP contribution in [0.1, 0.15) is 11.6 Å². The summed E-state index contributed by atoms with van der Waals surface area (Å²) in [5, 5.41) is 2.91. The van der Waals surface area contributed by atoms with Crippen LogP contribution in [0.2, 0.25) is 0 Å². The Kier molecular flexibility index (Phi) is 4.07. The Bertz CT molecular complexity index is 560. The van der Waals surface area contributed by atoms with E-state index in [0.717, 1.165) is 0 Å². The van der Waals surface area contributed by atoms with Crippen molar-refractivity contribution in [1.82, 2.24) is 4.98 Å². The maximum absolute atomic E-state index is 13.8. The van der Waals surface area contributed by atoms with Gasteiger partial charge in [0, 0.05) is 18.0 Å². The molecule has 1 unspecified atom stereocenters. The van der Waals surface area contributed by atoms with Crippen LogP contribution in [0.4, 0.5) is 10.1 Å². The summed E-state index contributed by atoms with van der Waals surface area (Å²) in [5.41, 5.74) is 0.847. The molecule has 0 bridgehead atoms. The molecule has 0 fully saturated rings. The van der Waals surface area contributed by atoms with Crippen molar-refractivity contribution in [1.29, 1.82) is 0 Å². The number of hydrogen-bond acceptors (Lipinski definition) is 4. The summed E-state index contributed by atoms with van der Waals surface area (Å²) in [6.45, 7) is 0. The average molecular weight is 260 g/mol. The van der Waals surface area contributed by atoms with E-state index in [9.17, 15) is 9.18 Å². The van der Waals surface area contributed by atoms with Crippen LogP contribution in [-0.2, 0) is 9.53 Å². The summed E-state index contributed by atoms with van der Waals surface area (Å²) in [6.07, 6.45) is 3.16. The van der Waals surface area contributed by atoms with Crippen molar-refractivity contribution in [3.05, 3.63) is 60.2 Å². The number of hydrogen-bond donors (Lipinski definition) is 1. The number of anilines is 1. The van der Waals surface area contributed by atoms with Crippen molar-refractivity contribution in [2.75, 3.05) is 12.4 Å². The Morgan fingerprint density at radius 3 is 2.74 bits per heavy atom. The maximum atomic E-state index is 13.8. The summed E-state index contributed by atoms with van der Waals surface area (Å²) >= 11 is 0. The van der Waals surface area contributed by atoms with Gasteiger partial charge in [-0.3, -0.25) is 4.98 Å². The van der Waals surface area contributed by atoms with Crippen LogP contribution in [0.25, 0.3) is 0 Å². The minimum Gasteiger partial charge on any atom is -0.467 e. The number of rotatable bonds is 4. The third-order valence-corrected chi connectivity index (χ3v) is 2.63. The van der Waals surface area contributed by atoms with Crippen LogP contribution < -0.4 is 5.32 Å². The highest BCUT2D eigenvalue weighted by atomic mass is 19.1. The van der Waals surface area contributed by atoms with E-state index in [1.807, 2.05) is 0 Å². The number of halogens is 1. The van der Waals surface area contributed by atoms with Crippen molar-refractivity contribution in [2.45, 2.75) is 6.04 Å². The first-order chi connectivity index (χ1) is 9.22. The van der Waals surface area contributed by atoms with Gasteiger partial charge >= 0.3 is 5.97 Å². The zero-order valence-corrected chi connectivity index (χ0v) is 10.3. The topological polar surface area (TPSA) is 51.2 Å². The first kappa shape index (κ1) is 13.0. The molecule has 98 valence electrons. The van der Waals surface area contributed by atoms with Crippen molar-refractivity contribution in [3.8, 4) is 0 Å². The van der Waals surface area contributed by atoms with Gasteiger partial charge in [0.05, 0.1) is 12.8 Å². The monoisotopic (exact) mass is 260 g/mol. The molecule has 2 aromatic rings. The number of ether oxygens (including phenoxy) is 1. The molecule has 0 spiro atoms. The maximum Gasteiger partial charge on any atom is 0.333 e. The Morgan fingerprint density at radius 1 is 1.32 bits per heavy atom. The number of benzene rings is 1. The molecule has 1 aromatic heterocycles. The molecule has 4 nitrogen and oxygen atoms in total. The molecule has 0 radical (unpaired) electrons. The van der Waals surface area contributed by atoms with E-state index in [1.54, 1.807) is 42.7 Å². The van der Waals surface area contributed by atoms with Gasteiger partial charge in [0.1, 0.15) is 5.82 Å². The Morgan fingerprint density at radius 2 is 2.11 bits per heavy atom. The van der Waals surface area contributed by atoms with E-state index in [2.05, 4.69) is 10.3 Å². The highest BCUT2D eigenvalue weighted by Crippen LogP contribution is 2.22. The summed E-state index contributed by atoms with van der Waals surface area (Å²) in [5.74, 6) is -1.02. The minimum atomic E-state index is -0.907. The molecule has 2 rings (SSSR count). The van der Waals surface area contributed by atoms with Crippen molar-refractivity contribution in [2.24, 2.45) is 0 Å². The first-order valence-corrected chi connectivity index (χ1v) is 5.71. The largest absolute Gasteiger partial charge is 0.467 e. The summed E-state index contributed by atoms with van der Waals surface area (Å²) in [6, 6.07) is 8.63. The predicted octanol–water partition coefficient (Wildman–Crippen LogP) is 2.55. The third-order valence-electron chi connectivity index (χ3n) is 2.63. The standard InChI is InChI=1S/C14H13FN2O2/c1-19-14(18)13(11-6-2-3-7-12(11)15)17-10-5-4-8-16-9-10/h2-9,13,17H,1H3. The second-order valence-electron chi connectivity index (χ2n) is 3.86. The number of carbonyl (C=O) groups is 1. The fourth-order valence-corrected chi connectivity index (χ4v) is 1.71. The SMILES string of the molecule is COC(=O)C(Nc1cccnc1)c1ccccc1F. The molecule has 0 saturated heterocycles. The lowest BCUT2D eigenvalue weighted by atomic mass is 10.1. The molecule has 1 aromatic carbocycles. The van der Waals surface area contributed by atoms with Gasteiger partial charge in [0.2, 0.25) is 0 Å². The van der Waals surface area contributed by atoms with Gasteiger partial charge in [0.25, 0.3) is 0 Å². The zero-order valence-electron chi connectivity index (χ0n) is 10.3. The van der Waals surface area contributed by atoms with Crippen LogP contribution in [0.15, 0.2) is 48.8 Å². The quantitative estimate of drug-likeness (QED) is 0.858. The second kappa shape index (κ2) is 5.95. The van der Waals surface area contributed by atoms with Gasteiger partial charge in [-0.25, -0.2) is 9.18 Å². The van der Waals surface area contributed by atoms with E-state index >= 15 is 0 Å².